The Labute approximate surface area is 65.8 Å². The largest absolute Gasteiger partial charge is 0.382 e. The second-order valence-electron chi connectivity index (χ2n) is 2.08. The summed E-state index contributed by atoms with van der Waals surface area (Å²) < 4.78 is 0. The van der Waals surface area contributed by atoms with E-state index in [0.717, 1.165) is 0 Å². The van der Waals surface area contributed by atoms with Crippen LogP contribution in [0.4, 0.5) is 0 Å². The van der Waals surface area contributed by atoms with Gasteiger partial charge in [-0.1, -0.05) is 0 Å². The average Bonchev–Trinajstić information content (AvgIpc) is 1.97. The monoisotopic (exact) mass is 156 g/mol. The predicted octanol–water partition coefficient (Wildman–Crippen LogP) is -1.55. The van der Waals surface area contributed by atoms with Crippen molar-refractivity contribution in [3.05, 3.63) is 0 Å². The molecule has 1 atom stereocenters. The van der Waals surface area contributed by atoms with Crippen molar-refractivity contribution in [2.45, 2.75) is 12.5 Å². The van der Waals surface area contributed by atoms with E-state index in [9.17, 15) is 4.79 Å². The Hall–Kier alpha value is -1.05. The Bertz CT molecular complexity index is 162. The van der Waals surface area contributed by atoms with Crippen molar-refractivity contribution in [3.8, 4) is 12.3 Å². The van der Waals surface area contributed by atoms with Crippen molar-refractivity contribution < 1.29 is 9.90 Å². The lowest BCUT2D eigenvalue weighted by atomic mass is 10.3. The topological polar surface area (TPSA) is 75.3 Å². The molecule has 0 aromatic carbocycles. The molecule has 11 heavy (non-hydrogen) atoms. The molecule has 0 radical (unpaired) electrons. The van der Waals surface area contributed by atoms with Crippen molar-refractivity contribution in [1.29, 1.82) is 0 Å². The number of carbonyl (C=O) groups is 1. The molecule has 4 N–H and O–H groups in total. The van der Waals surface area contributed by atoms with Crippen LogP contribution in [0.25, 0.3) is 0 Å². The number of hydrogen-bond acceptors (Lipinski definition) is 3. The van der Waals surface area contributed by atoms with Crippen LogP contribution in [-0.2, 0) is 4.79 Å². The number of primary amides is 1. The Morgan fingerprint density at radius 1 is 1.82 bits per heavy atom. The standard InChI is InChI=1S/C7H12N2O2/c1-2-3-4-9-5-6(10)7(8)11/h1,6,9-10H,3-5H2,(H2,8,11). The summed E-state index contributed by atoms with van der Waals surface area (Å²) in [7, 11) is 0. The highest BCUT2D eigenvalue weighted by Gasteiger charge is 2.08. The average molecular weight is 156 g/mol. The van der Waals surface area contributed by atoms with Crippen LogP contribution in [0.15, 0.2) is 0 Å². The summed E-state index contributed by atoms with van der Waals surface area (Å²) in [5, 5.41) is 11.6. The van der Waals surface area contributed by atoms with Crippen molar-refractivity contribution in [1.82, 2.24) is 5.32 Å². The van der Waals surface area contributed by atoms with Crippen LogP contribution in [-0.4, -0.2) is 30.2 Å². The molecule has 62 valence electrons. The highest BCUT2D eigenvalue weighted by Crippen LogP contribution is 1.77. The third-order valence-electron chi connectivity index (χ3n) is 1.11. The third-order valence-corrected chi connectivity index (χ3v) is 1.11. The molecule has 0 aliphatic heterocycles. The van der Waals surface area contributed by atoms with E-state index >= 15 is 0 Å². The van der Waals surface area contributed by atoms with Gasteiger partial charge in [0.1, 0.15) is 6.10 Å². The molecule has 0 fully saturated rings. The zero-order chi connectivity index (χ0) is 8.69. The van der Waals surface area contributed by atoms with Crippen LogP contribution in [0.2, 0.25) is 0 Å². The first-order chi connectivity index (χ1) is 5.18. The maximum absolute atomic E-state index is 10.3. The second-order valence-corrected chi connectivity index (χ2v) is 2.08. The van der Waals surface area contributed by atoms with Crippen LogP contribution < -0.4 is 11.1 Å². The summed E-state index contributed by atoms with van der Waals surface area (Å²) in [5.74, 6) is 1.69. The van der Waals surface area contributed by atoms with Gasteiger partial charge in [-0.05, 0) is 0 Å². The van der Waals surface area contributed by atoms with E-state index in [4.69, 9.17) is 17.3 Å². The number of nitrogens with one attached hydrogen (secondary N) is 1. The third kappa shape index (κ3) is 5.40. The first-order valence-corrected chi connectivity index (χ1v) is 3.30. The molecule has 0 aliphatic carbocycles. The van der Waals surface area contributed by atoms with E-state index in [2.05, 4.69) is 11.2 Å². The predicted molar refractivity (Wildman–Crippen MR) is 41.5 cm³/mol. The van der Waals surface area contributed by atoms with Crippen LogP contribution in [0, 0.1) is 12.3 Å². The minimum atomic E-state index is -1.12. The zero-order valence-corrected chi connectivity index (χ0v) is 6.21. The number of terminal acetylenes is 1. The molecule has 0 aromatic heterocycles. The maximum Gasteiger partial charge on any atom is 0.247 e. The van der Waals surface area contributed by atoms with Gasteiger partial charge in [-0.25, -0.2) is 0 Å². The molecule has 0 spiro atoms. The van der Waals surface area contributed by atoms with E-state index < -0.39 is 12.0 Å². The van der Waals surface area contributed by atoms with E-state index in [1.165, 1.54) is 0 Å². The number of aliphatic hydroxyl groups is 1. The summed E-state index contributed by atoms with van der Waals surface area (Å²) in [6.45, 7) is 0.748. The molecular formula is C7H12N2O2. The van der Waals surface area contributed by atoms with Crippen molar-refractivity contribution in [2.24, 2.45) is 5.73 Å². The Kier molecular flexibility index (Phi) is 5.17. The summed E-state index contributed by atoms with van der Waals surface area (Å²) in [6, 6.07) is 0. The SMILES string of the molecule is C#CCCNCC(O)C(N)=O. The number of rotatable bonds is 5. The number of aliphatic hydroxyl groups excluding tert-OH is 1. The number of amides is 1. The van der Waals surface area contributed by atoms with Gasteiger partial charge in [-0.15, -0.1) is 12.3 Å². The fraction of sp³-hybridized carbons (Fsp3) is 0.571. The molecule has 0 aromatic rings. The van der Waals surface area contributed by atoms with Gasteiger partial charge in [0.25, 0.3) is 0 Å². The number of hydrogen-bond donors (Lipinski definition) is 3. The van der Waals surface area contributed by atoms with E-state index in [-0.39, 0.29) is 6.54 Å². The lowest BCUT2D eigenvalue weighted by Gasteiger charge is -2.05. The minimum absolute atomic E-state index is 0.164. The Morgan fingerprint density at radius 2 is 2.45 bits per heavy atom. The molecular weight excluding hydrogens is 144 g/mol. The van der Waals surface area contributed by atoms with Crippen LogP contribution in [0.1, 0.15) is 6.42 Å². The molecule has 4 heteroatoms. The fourth-order valence-corrected chi connectivity index (χ4v) is 0.500. The Balaban J connectivity index is 3.26. The van der Waals surface area contributed by atoms with Gasteiger partial charge < -0.3 is 16.2 Å². The molecule has 0 saturated heterocycles. The quantitative estimate of drug-likeness (QED) is 0.333. The molecule has 1 amide bonds. The van der Waals surface area contributed by atoms with Gasteiger partial charge in [0, 0.05) is 19.5 Å². The van der Waals surface area contributed by atoms with Gasteiger partial charge in [0.2, 0.25) is 5.91 Å². The van der Waals surface area contributed by atoms with Crippen LogP contribution in [0.3, 0.4) is 0 Å². The highest BCUT2D eigenvalue weighted by molar-refractivity contribution is 5.78. The number of carbonyl (C=O) groups excluding carboxylic acids is 1. The van der Waals surface area contributed by atoms with E-state index in [1.54, 1.807) is 0 Å². The highest BCUT2D eigenvalue weighted by atomic mass is 16.3. The van der Waals surface area contributed by atoms with Crippen LogP contribution in [0.5, 0.6) is 0 Å². The minimum Gasteiger partial charge on any atom is -0.382 e. The molecule has 0 rings (SSSR count). The first kappa shape index (κ1) is 9.95. The summed E-state index contributed by atoms with van der Waals surface area (Å²) in [4.78, 5) is 10.3. The van der Waals surface area contributed by atoms with Crippen molar-refractivity contribution in [2.75, 3.05) is 13.1 Å². The smallest absolute Gasteiger partial charge is 0.247 e. The number of nitrogens with two attached hydrogens (primary N) is 1. The summed E-state index contributed by atoms with van der Waals surface area (Å²) in [5.41, 5.74) is 4.78. The fourth-order valence-electron chi connectivity index (χ4n) is 0.500. The van der Waals surface area contributed by atoms with Gasteiger partial charge in [0.15, 0.2) is 0 Å². The van der Waals surface area contributed by atoms with Gasteiger partial charge in [-0.3, -0.25) is 4.79 Å². The van der Waals surface area contributed by atoms with E-state index in [0.29, 0.717) is 13.0 Å². The molecule has 4 nitrogen and oxygen atoms in total. The maximum atomic E-state index is 10.3. The molecule has 0 heterocycles. The zero-order valence-electron chi connectivity index (χ0n) is 6.21. The second kappa shape index (κ2) is 5.71. The lowest BCUT2D eigenvalue weighted by molar-refractivity contribution is -0.125. The summed E-state index contributed by atoms with van der Waals surface area (Å²) >= 11 is 0. The molecule has 1 unspecified atom stereocenters. The normalized spacial score (nSPS) is 12.0. The van der Waals surface area contributed by atoms with Crippen molar-refractivity contribution in [3.63, 3.8) is 0 Å². The Morgan fingerprint density at radius 3 is 2.91 bits per heavy atom. The molecule has 0 aliphatic rings. The van der Waals surface area contributed by atoms with Crippen molar-refractivity contribution >= 4 is 5.91 Å². The van der Waals surface area contributed by atoms with Gasteiger partial charge in [0.05, 0.1) is 0 Å². The molecule has 0 bridgehead atoms. The summed E-state index contributed by atoms with van der Waals surface area (Å²) in [6.07, 6.45) is 4.42. The molecule has 0 saturated carbocycles. The van der Waals surface area contributed by atoms with Gasteiger partial charge >= 0.3 is 0 Å². The van der Waals surface area contributed by atoms with Gasteiger partial charge in [-0.2, -0.15) is 0 Å². The van der Waals surface area contributed by atoms with Crippen LogP contribution >= 0.6 is 0 Å². The lowest BCUT2D eigenvalue weighted by Crippen LogP contribution is -2.37. The first-order valence-electron chi connectivity index (χ1n) is 3.30. The van der Waals surface area contributed by atoms with E-state index in [1.807, 2.05) is 0 Å².